The molecule has 8 heteroatoms. The molecule has 0 fully saturated rings. The van der Waals surface area contributed by atoms with Crippen LogP contribution in [0.1, 0.15) is 23.5 Å². The van der Waals surface area contributed by atoms with Crippen molar-refractivity contribution in [2.45, 2.75) is 23.9 Å². The van der Waals surface area contributed by atoms with Crippen LogP contribution < -0.4 is 0 Å². The molecular formula is C14H14ClF3O3S. The minimum Gasteiger partial charge on any atom is -0.489 e. The molecule has 2 unspecified atom stereocenters. The van der Waals surface area contributed by atoms with Gasteiger partial charge in [0, 0.05) is 5.92 Å². The average molecular weight is 355 g/mol. The fourth-order valence-electron chi connectivity index (χ4n) is 1.88. The van der Waals surface area contributed by atoms with Gasteiger partial charge in [-0.15, -0.1) is 11.6 Å². The van der Waals surface area contributed by atoms with Crippen LogP contribution in [0.25, 0.3) is 0 Å². The molecule has 2 atom stereocenters. The van der Waals surface area contributed by atoms with Gasteiger partial charge < -0.3 is 9.47 Å². The summed E-state index contributed by atoms with van der Waals surface area (Å²) in [6.07, 6.45) is -4.70. The SMILES string of the molecule is COC(=O)CC(c1cccc(C(F)(F)F)c1)C(Cl)C(=S)OC. The molecule has 122 valence electrons. The van der Waals surface area contributed by atoms with Gasteiger partial charge in [-0.25, -0.2) is 0 Å². The molecule has 0 N–H and O–H groups in total. The van der Waals surface area contributed by atoms with Crippen molar-refractivity contribution >= 4 is 34.8 Å². The van der Waals surface area contributed by atoms with Gasteiger partial charge in [-0.2, -0.15) is 13.2 Å². The number of hydrogen-bond acceptors (Lipinski definition) is 4. The number of esters is 1. The van der Waals surface area contributed by atoms with Gasteiger partial charge in [0.2, 0.25) is 0 Å². The summed E-state index contributed by atoms with van der Waals surface area (Å²) in [7, 11) is 2.49. The van der Waals surface area contributed by atoms with Crippen molar-refractivity contribution in [2.75, 3.05) is 14.2 Å². The first-order valence-corrected chi connectivity index (χ1v) is 7.01. The molecule has 0 aliphatic rings. The zero-order valence-corrected chi connectivity index (χ0v) is 13.4. The lowest BCUT2D eigenvalue weighted by atomic mass is 9.91. The standard InChI is InChI=1S/C14H14ClF3O3S/c1-20-11(19)7-10(12(15)13(22)21-2)8-4-3-5-9(6-8)14(16,17)18/h3-6,10,12H,7H2,1-2H3. The van der Waals surface area contributed by atoms with Crippen LogP contribution in [0.4, 0.5) is 13.2 Å². The van der Waals surface area contributed by atoms with Crippen molar-refractivity contribution in [3.63, 3.8) is 0 Å². The van der Waals surface area contributed by atoms with Gasteiger partial charge >= 0.3 is 12.1 Å². The first-order chi connectivity index (χ1) is 10.2. The van der Waals surface area contributed by atoms with E-state index in [0.29, 0.717) is 0 Å². The normalized spacial score (nSPS) is 14.1. The van der Waals surface area contributed by atoms with E-state index in [1.807, 2.05) is 0 Å². The summed E-state index contributed by atoms with van der Waals surface area (Å²) in [6.45, 7) is 0. The van der Waals surface area contributed by atoms with Gasteiger partial charge in [-0.3, -0.25) is 4.79 Å². The molecule has 0 aromatic heterocycles. The Morgan fingerprint density at radius 3 is 2.45 bits per heavy atom. The van der Waals surface area contributed by atoms with Crippen molar-refractivity contribution in [3.05, 3.63) is 35.4 Å². The smallest absolute Gasteiger partial charge is 0.416 e. The predicted molar refractivity (Wildman–Crippen MR) is 80.1 cm³/mol. The van der Waals surface area contributed by atoms with Crippen LogP contribution >= 0.6 is 23.8 Å². The minimum atomic E-state index is -4.49. The fourth-order valence-corrected chi connectivity index (χ4v) is 2.36. The lowest BCUT2D eigenvalue weighted by Crippen LogP contribution is -2.25. The van der Waals surface area contributed by atoms with Crippen molar-refractivity contribution < 1.29 is 27.4 Å². The van der Waals surface area contributed by atoms with Gasteiger partial charge in [0.25, 0.3) is 0 Å². The van der Waals surface area contributed by atoms with Crippen LogP contribution in [0.3, 0.4) is 0 Å². The van der Waals surface area contributed by atoms with E-state index in [-0.39, 0.29) is 17.0 Å². The molecule has 1 rings (SSSR count). The molecule has 22 heavy (non-hydrogen) atoms. The van der Waals surface area contributed by atoms with E-state index in [1.165, 1.54) is 26.4 Å². The number of benzene rings is 1. The molecule has 1 aromatic carbocycles. The van der Waals surface area contributed by atoms with Crippen LogP contribution in [0.2, 0.25) is 0 Å². The highest BCUT2D eigenvalue weighted by Crippen LogP contribution is 2.34. The van der Waals surface area contributed by atoms with E-state index in [9.17, 15) is 18.0 Å². The Balaban J connectivity index is 3.20. The van der Waals surface area contributed by atoms with Crippen LogP contribution in [-0.2, 0) is 20.4 Å². The summed E-state index contributed by atoms with van der Waals surface area (Å²) in [5, 5.41) is -0.949. The zero-order chi connectivity index (χ0) is 16.9. The molecule has 0 spiro atoms. The largest absolute Gasteiger partial charge is 0.489 e. The number of ether oxygens (including phenoxy) is 2. The Morgan fingerprint density at radius 1 is 1.32 bits per heavy atom. The summed E-state index contributed by atoms with van der Waals surface area (Å²) in [4.78, 5) is 11.5. The molecule has 0 aliphatic carbocycles. The predicted octanol–water partition coefficient (Wildman–Crippen LogP) is 3.93. The molecular weight excluding hydrogens is 341 g/mol. The molecule has 0 amide bonds. The average Bonchev–Trinajstić information content (AvgIpc) is 2.50. The molecule has 0 bridgehead atoms. The fraction of sp³-hybridized carbons (Fsp3) is 0.429. The maximum atomic E-state index is 12.8. The third kappa shape index (κ3) is 4.84. The van der Waals surface area contributed by atoms with E-state index < -0.39 is 29.0 Å². The Labute approximate surface area is 136 Å². The van der Waals surface area contributed by atoms with Crippen molar-refractivity contribution in [2.24, 2.45) is 0 Å². The van der Waals surface area contributed by atoms with E-state index in [2.05, 4.69) is 4.74 Å². The molecule has 1 aromatic rings. The van der Waals surface area contributed by atoms with Crippen LogP contribution in [0.5, 0.6) is 0 Å². The molecule has 0 radical (unpaired) electrons. The zero-order valence-electron chi connectivity index (χ0n) is 11.8. The van der Waals surface area contributed by atoms with E-state index in [1.54, 1.807) is 0 Å². The second-order valence-electron chi connectivity index (χ2n) is 4.43. The maximum absolute atomic E-state index is 12.8. The van der Waals surface area contributed by atoms with Gasteiger partial charge in [-0.1, -0.05) is 18.2 Å². The van der Waals surface area contributed by atoms with Gasteiger partial charge in [0.15, 0.2) is 5.05 Å². The Bertz CT molecular complexity index is 548. The monoisotopic (exact) mass is 354 g/mol. The van der Waals surface area contributed by atoms with Gasteiger partial charge in [0.05, 0.1) is 26.2 Å². The number of rotatable bonds is 5. The highest BCUT2D eigenvalue weighted by molar-refractivity contribution is 7.80. The molecule has 0 saturated carbocycles. The van der Waals surface area contributed by atoms with Crippen molar-refractivity contribution in [1.29, 1.82) is 0 Å². The summed E-state index contributed by atoms with van der Waals surface area (Å²) in [5.41, 5.74) is -0.591. The Kier molecular flexibility index (Phi) is 6.62. The lowest BCUT2D eigenvalue weighted by Gasteiger charge is -2.22. The number of carbonyl (C=O) groups excluding carboxylic acids is 1. The second-order valence-corrected chi connectivity index (χ2v) is 5.31. The molecule has 0 heterocycles. The van der Waals surface area contributed by atoms with Crippen molar-refractivity contribution in [3.8, 4) is 0 Å². The lowest BCUT2D eigenvalue weighted by molar-refractivity contribution is -0.141. The quantitative estimate of drug-likeness (QED) is 0.456. The Morgan fingerprint density at radius 2 is 1.95 bits per heavy atom. The number of halogens is 4. The van der Waals surface area contributed by atoms with Gasteiger partial charge in [-0.05, 0) is 23.8 Å². The summed E-state index contributed by atoms with van der Waals surface area (Å²) < 4.78 is 47.8. The minimum absolute atomic E-state index is 0.00650. The third-order valence-corrected chi connectivity index (χ3v) is 4.09. The van der Waals surface area contributed by atoms with Crippen LogP contribution in [0.15, 0.2) is 24.3 Å². The van der Waals surface area contributed by atoms with Gasteiger partial charge in [0.1, 0.15) is 5.38 Å². The number of methoxy groups -OCH3 is 2. The van der Waals surface area contributed by atoms with E-state index >= 15 is 0 Å². The maximum Gasteiger partial charge on any atom is 0.416 e. The van der Waals surface area contributed by atoms with E-state index in [4.69, 9.17) is 28.6 Å². The highest BCUT2D eigenvalue weighted by atomic mass is 35.5. The molecule has 0 saturated heterocycles. The van der Waals surface area contributed by atoms with Crippen LogP contribution in [0, 0.1) is 0 Å². The number of hydrogen-bond donors (Lipinski definition) is 0. The third-order valence-electron chi connectivity index (χ3n) is 3.04. The Hall–Kier alpha value is -1.34. The summed E-state index contributed by atoms with van der Waals surface area (Å²) in [6, 6.07) is 4.59. The summed E-state index contributed by atoms with van der Waals surface area (Å²) >= 11 is 11.1. The first-order valence-electron chi connectivity index (χ1n) is 6.16. The van der Waals surface area contributed by atoms with Crippen LogP contribution in [-0.4, -0.2) is 30.6 Å². The highest BCUT2D eigenvalue weighted by Gasteiger charge is 2.33. The number of carbonyl (C=O) groups is 1. The first kappa shape index (κ1) is 18.7. The van der Waals surface area contributed by atoms with Crippen molar-refractivity contribution in [1.82, 2.24) is 0 Å². The second kappa shape index (κ2) is 7.78. The van der Waals surface area contributed by atoms with E-state index in [0.717, 1.165) is 12.1 Å². The number of thiocarbonyl (C=S) groups is 1. The topological polar surface area (TPSA) is 35.5 Å². The molecule has 3 nitrogen and oxygen atoms in total. The number of alkyl halides is 4. The summed E-state index contributed by atoms with van der Waals surface area (Å²) in [5.74, 6) is -1.39. The molecule has 0 aliphatic heterocycles.